The maximum Gasteiger partial charge on any atom is 0.410 e. The third kappa shape index (κ3) is 4.88. The third-order valence-electron chi connectivity index (χ3n) is 9.81. The zero-order valence-electron chi connectivity index (χ0n) is 25.3. The van der Waals surface area contributed by atoms with Crippen LogP contribution in [0.15, 0.2) is 35.4 Å². The molecule has 9 nitrogen and oxygen atoms in total. The average molecular weight is 701 g/mol. The Kier molecular flexibility index (Phi) is 8.13. The van der Waals surface area contributed by atoms with Gasteiger partial charge in [-0.05, 0) is 42.9 Å². The van der Waals surface area contributed by atoms with Gasteiger partial charge in [-0.2, -0.15) is 5.26 Å². The number of carbonyl (C=O) groups is 2. The van der Waals surface area contributed by atoms with E-state index in [1.807, 2.05) is 23.0 Å². The number of hydrogen-bond donors (Lipinski definition) is 1. The van der Waals surface area contributed by atoms with Crippen LogP contribution in [0.3, 0.4) is 0 Å². The molecule has 244 valence electrons. The fourth-order valence-electron chi connectivity index (χ4n) is 7.81. The van der Waals surface area contributed by atoms with Crippen molar-refractivity contribution in [3.8, 4) is 17.2 Å². The Balaban J connectivity index is 1.57. The van der Waals surface area contributed by atoms with Gasteiger partial charge in [0.05, 0.1) is 53.4 Å². The minimum Gasteiger partial charge on any atom is -0.465 e. The molecule has 4 aliphatic rings. The van der Waals surface area contributed by atoms with E-state index in [0.717, 1.165) is 0 Å². The number of thioether (sulfide) groups is 1. The number of fused-ring (bicyclic) bond motifs is 4. The Bertz CT molecular complexity index is 2020. The van der Waals surface area contributed by atoms with E-state index in [0.29, 0.717) is 51.1 Å². The summed E-state index contributed by atoms with van der Waals surface area (Å²) in [4.78, 5) is 32.7. The molecule has 47 heavy (non-hydrogen) atoms. The lowest BCUT2D eigenvalue weighted by Crippen LogP contribution is -2.43. The van der Waals surface area contributed by atoms with Crippen molar-refractivity contribution in [1.82, 2.24) is 19.4 Å². The van der Waals surface area contributed by atoms with Gasteiger partial charge in [0, 0.05) is 52.9 Å². The number of aryl methyl sites for hydroxylation is 1. The first-order chi connectivity index (χ1) is 22.6. The Morgan fingerprint density at radius 3 is 2.66 bits per heavy atom. The quantitative estimate of drug-likeness (QED) is 0.202. The van der Waals surface area contributed by atoms with Crippen LogP contribution in [0.4, 0.5) is 18.4 Å². The van der Waals surface area contributed by atoms with Gasteiger partial charge in [-0.15, -0.1) is 11.8 Å². The van der Waals surface area contributed by atoms with E-state index in [2.05, 4.69) is 6.07 Å². The molecule has 0 radical (unpaired) electrons. The van der Waals surface area contributed by atoms with Gasteiger partial charge in [0.1, 0.15) is 16.7 Å². The van der Waals surface area contributed by atoms with Crippen molar-refractivity contribution >= 4 is 69.0 Å². The van der Waals surface area contributed by atoms with Crippen LogP contribution in [0.1, 0.15) is 42.6 Å². The van der Waals surface area contributed by atoms with E-state index < -0.39 is 30.2 Å². The smallest absolute Gasteiger partial charge is 0.410 e. The number of nitrogens with zero attached hydrogens (tertiary/aromatic N) is 5. The van der Waals surface area contributed by atoms with Crippen molar-refractivity contribution in [2.24, 2.45) is 5.92 Å². The monoisotopic (exact) mass is 699 g/mol. The zero-order chi connectivity index (χ0) is 33.3. The highest BCUT2D eigenvalue weighted by Gasteiger charge is 2.56. The number of methoxy groups -OCH3 is 1. The fraction of sp³-hybridized carbons (Fsp3) is 0.394. The summed E-state index contributed by atoms with van der Waals surface area (Å²) in [5, 5.41) is 21.6. The molecule has 2 amide bonds. The van der Waals surface area contributed by atoms with Crippen LogP contribution in [-0.2, 0) is 11.2 Å². The van der Waals surface area contributed by atoms with Crippen molar-refractivity contribution in [3.05, 3.63) is 57.5 Å². The van der Waals surface area contributed by atoms with Crippen molar-refractivity contribution in [2.45, 2.75) is 55.0 Å². The molecule has 2 aromatic heterocycles. The minimum atomic E-state index is -1.30. The van der Waals surface area contributed by atoms with Gasteiger partial charge < -0.3 is 19.3 Å². The van der Waals surface area contributed by atoms with Crippen LogP contribution in [-0.4, -0.2) is 75.3 Å². The predicted molar refractivity (Wildman–Crippen MR) is 175 cm³/mol. The highest BCUT2D eigenvalue weighted by Crippen LogP contribution is 2.54. The number of halogens is 4. The zero-order valence-corrected chi connectivity index (χ0v) is 27.7. The van der Waals surface area contributed by atoms with Crippen LogP contribution in [0.5, 0.6) is 0 Å². The molecule has 3 saturated heterocycles. The molecule has 2 bridgehead atoms. The molecule has 1 N–H and O–H groups in total. The lowest BCUT2D eigenvalue weighted by atomic mass is 9.79. The Hall–Kier alpha value is -3.79. The van der Waals surface area contributed by atoms with Gasteiger partial charge in [-0.3, -0.25) is 4.90 Å². The van der Waals surface area contributed by atoms with E-state index in [9.17, 15) is 20.0 Å². The number of carboxylic acid groups (broad SMARTS) is 1. The van der Waals surface area contributed by atoms with Crippen LogP contribution in [0, 0.1) is 23.1 Å². The molecule has 1 saturated carbocycles. The van der Waals surface area contributed by atoms with Gasteiger partial charge in [0.15, 0.2) is 5.82 Å². The Morgan fingerprint density at radius 2 is 1.98 bits per heavy atom. The van der Waals surface area contributed by atoms with Crippen molar-refractivity contribution in [1.29, 1.82) is 5.26 Å². The van der Waals surface area contributed by atoms with Crippen LogP contribution < -0.4 is 0 Å². The number of amides is 2. The predicted octanol–water partition coefficient (Wildman–Crippen LogP) is 8.25. The largest absolute Gasteiger partial charge is 0.465 e. The van der Waals surface area contributed by atoms with E-state index in [1.54, 1.807) is 18.2 Å². The second-order valence-electron chi connectivity index (χ2n) is 12.2. The molecule has 4 aromatic rings. The Morgan fingerprint density at radius 1 is 1.19 bits per heavy atom. The summed E-state index contributed by atoms with van der Waals surface area (Å²) >= 11 is 14.3. The second kappa shape index (κ2) is 12.0. The first-order valence-corrected chi connectivity index (χ1v) is 17.1. The highest BCUT2D eigenvalue weighted by atomic mass is 35.5. The SMILES string of the molecule is COC(=O)N1C[C@@H](F)C[C@@H]1c1cc2c(SC)nc3c(F)c(-c4cccc(Cl)c4Cl)c(CCC#N)cc3c2n1[C@H]1[C@@H]2C[C@H]1N(C(=O)O)C2. The fourth-order valence-corrected chi connectivity index (χ4v) is 8.77. The molecule has 0 spiro atoms. The van der Waals surface area contributed by atoms with Gasteiger partial charge in [-0.25, -0.2) is 23.4 Å². The first-order valence-electron chi connectivity index (χ1n) is 15.1. The second-order valence-corrected chi connectivity index (χ2v) is 13.7. The highest BCUT2D eigenvalue weighted by molar-refractivity contribution is 7.98. The number of likely N-dealkylation sites (tertiary alicyclic amines) is 1. The summed E-state index contributed by atoms with van der Waals surface area (Å²) in [7, 11) is 1.25. The molecule has 0 unspecified atom stereocenters. The summed E-state index contributed by atoms with van der Waals surface area (Å²) in [6.07, 6.45) is -0.166. The number of alkyl halides is 1. The van der Waals surface area contributed by atoms with E-state index in [4.69, 9.17) is 32.9 Å². The number of hydrogen-bond acceptors (Lipinski definition) is 6. The molecule has 1 aliphatic carbocycles. The molecular weight excluding hydrogens is 671 g/mol. The van der Waals surface area contributed by atoms with Crippen LogP contribution >= 0.6 is 35.0 Å². The third-order valence-corrected chi connectivity index (χ3v) is 11.3. The number of aromatic nitrogens is 2. The van der Waals surface area contributed by atoms with Crippen LogP contribution in [0.2, 0.25) is 10.0 Å². The molecule has 14 heteroatoms. The summed E-state index contributed by atoms with van der Waals surface area (Å²) < 4.78 is 39.2. The van der Waals surface area contributed by atoms with Crippen LogP contribution in [0.25, 0.3) is 32.9 Å². The van der Waals surface area contributed by atoms with E-state index in [-0.39, 0.29) is 64.9 Å². The summed E-state index contributed by atoms with van der Waals surface area (Å²) in [6.45, 7) is 0.182. The molecule has 2 aromatic carbocycles. The number of benzene rings is 2. The molecule has 8 rings (SSSR count). The number of nitriles is 1. The van der Waals surface area contributed by atoms with Gasteiger partial charge in [0.2, 0.25) is 0 Å². The summed E-state index contributed by atoms with van der Waals surface area (Å²) in [5.41, 5.74) is 2.40. The number of rotatable bonds is 6. The standard InChI is InChI=1S/C33H29Cl2F2N5O4S/c1-46-33(45)41-14-17(36)11-22(41)23-12-20-30(42(23)29-16-10-24(29)40(13-16)32(43)44)19-9-15(5-4-8-38)25(18-6-3-7-21(34)26(18)35)27(37)28(19)39-31(20)47-2/h3,6-7,9,12,16-17,22,24,29H,4-5,10-11,13-14H2,1-2H3,(H,43,44)/t16-,17+,22-,24-,29+/m1/s1. The van der Waals surface area contributed by atoms with Crippen molar-refractivity contribution in [3.63, 3.8) is 0 Å². The van der Waals surface area contributed by atoms with Crippen molar-refractivity contribution < 1.29 is 28.2 Å². The summed E-state index contributed by atoms with van der Waals surface area (Å²) in [5.74, 6) is -0.663. The maximum atomic E-state index is 17.1. The Labute approximate surface area is 283 Å². The van der Waals surface area contributed by atoms with E-state index >= 15 is 8.78 Å². The lowest BCUT2D eigenvalue weighted by Gasteiger charge is -2.40. The summed E-state index contributed by atoms with van der Waals surface area (Å²) in [6, 6.07) is 9.41. The van der Waals surface area contributed by atoms with Gasteiger partial charge in [-0.1, -0.05) is 35.3 Å². The lowest BCUT2D eigenvalue weighted by molar-refractivity contribution is 0.111. The van der Waals surface area contributed by atoms with Gasteiger partial charge in [0.25, 0.3) is 0 Å². The topological polar surface area (TPSA) is 112 Å². The molecule has 3 aliphatic heterocycles. The molecule has 4 fully saturated rings. The number of carbonyl (C=O) groups excluding carboxylic acids is 1. The minimum absolute atomic E-state index is 0.0231. The van der Waals surface area contributed by atoms with Crippen molar-refractivity contribution in [2.75, 3.05) is 26.5 Å². The number of ether oxygens (including phenoxy) is 1. The van der Waals surface area contributed by atoms with Gasteiger partial charge >= 0.3 is 12.2 Å². The normalized spacial score (nSPS) is 23.4. The van der Waals surface area contributed by atoms with E-state index in [1.165, 1.54) is 28.7 Å². The first kappa shape index (κ1) is 31.8. The molecule has 5 atom stereocenters. The average Bonchev–Trinajstić information content (AvgIpc) is 3.83. The number of pyridine rings is 1. The maximum absolute atomic E-state index is 17.1. The molecular formula is C33H29Cl2F2N5O4S. The molecule has 5 heterocycles.